The molecule has 2 N–H and O–H groups in total. The van der Waals surface area contributed by atoms with E-state index in [2.05, 4.69) is 5.16 Å². The Balaban J connectivity index is 1.88. The average Bonchev–Trinajstić information content (AvgIpc) is 2.25. The minimum absolute atomic E-state index is 0.0467. The quantitative estimate of drug-likeness (QED) is 0.429. The van der Waals surface area contributed by atoms with Gasteiger partial charge in [0.2, 0.25) is 0 Å². The van der Waals surface area contributed by atoms with Gasteiger partial charge in [-0.25, -0.2) is 0 Å². The lowest BCUT2D eigenvalue weighted by Crippen LogP contribution is -2.53. The molecule has 0 spiro atoms. The minimum Gasteiger partial charge on any atom is -0.411 e. The third-order valence-corrected chi connectivity index (χ3v) is 5.22. The number of rotatable bonds is 2. The highest BCUT2D eigenvalue weighted by Crippen LogP contribution is 2.61. The van der Waals surface area contributed by atoms with E-state index in [9.17, 15) is 5.11 Å². The molecule has 4 aliphatic carbocycles. The van der Waals surface area contributed by atoms with E-state index in [1.807, 2.05) is 0 Å². The third-order valence-electron chi connectivity index (χ3n) is 5.22. The zero-order chi connectivity index (χ0) is 11.3. The summed E-state index contributed by atoms with van der Waals surface area (Å²) >= 11 is 0. The van der Waals surface area contributed by atoms with Crippen molar-refractivity contribution in [3.8, 4) is 0 Å². The standard InChI is InChI=1S/C13H21NO2/c1-8(14-16)12(15)13-5-9-2-10(6-13)4-11(3-9)7-13/h9-12,15-16H,2-7H2,1H3. The summed E-state index contributed by atoms with van der Waals surface area (Å²) in [5.74, 6) is 2.48. The van der Waals surface area contributed by atoms with Crippen molar-refractivity contribution in [2.45, 2.75) is 51.6 Å². The molecule has 4 bridgehead atoms. The van der Waals surface area contributed by atoms with E-state index in [-0.39, 0.29) is 5.41 Å². The van der Waals surface area contributed by atoms with Crippen LogP contribution in [0.25, 0.3) is 0 Å². The molecule has 0 heterocycles. The molecule has 0 aromatic rings. The molecule has 1 atom stereocenters. The van der Waals surface area contributed by atoms with Crippen LogP contribution in [0.5, 0.6) is 0 Å². The summed E-state index contributed by atoms with van der Waals surface area (Å²) in [7, 11) is 0. The van der Waals surface area contributed by atoms with Crippen LogP contribution in [0.15, 0.2) is 5.16 Å². The Bertz CT molecular complexity index is 289. The fraction of sp³-hybridized carbons (Fsp3) is 0.923. The van der Waals surface area contributed by atoms with E-state index in [0.717, 1.165) is 37.0 Å². The zero-order valence-electron chi connectivity index (χ0n) is 9.89. The highest BCUT2D eigenvalue weighted by Gasteiger charge is 2.54. The first-order valence-electron chi connectivity index (χ1n) is 6.49. The van der Waals surface area contributed by atoms with Crippen molar-refractivity contribution >= 4 is 5.71 Å². The summed E-state index contributed by atoms with van der Waals surface area (Å²) in [6, 6.07) is 0. The Hall–Kier alpha value is -0.570. The number of oxime groups is 1. The molecule has 4 saturated carbocycles. The van der Waals surface area contributed by atoms with Crippen molar-refractivity contribution < 1.29 is 10.3 Å². The average molecular weight is 223 g/mol. The Morgan fingerprint density at radius 2 is 1.56 bits per heavy atom. The second-order valence-electron chi connectivity index (χ2n) is 6.42. The fourth-order valence-electron chi connectivity index (χ4n) is 5.01. The first-order chi connectivity index (χ1) is 7.63. The van der Waals surface area contributed by atoms with Gasteiger partial charge in [0.15, 0.2) is 0 Å². The molecule has 0 aromatic carbocycles. The molecule has 0 amide bonds. The van der Waals surface area contributed by atoms with Crippen molar-refractivity contribution in [3.63, 3.8) is 0 Å². The SMILES string of the molecule is CC(=NO)C(O)C12CC3CC(CC(C3)C1)C2. The van der Waals surface area contributed by atoms with E-state index >= 15 is 0 Å². The summed E-state index contributed by atoms with van der Waals surface area (Å²) in [5.41, 5.74) is 0.548. The molecule has 3 heteroatoms. The molecule has 0 radical (unpaired) electrons. The zero-order valence-corrected chi connectivity index (χ0v) is 9.89. The topological polar surface area (TPSA) is 52.8 Å². The second kappa shape index (κ2) is 3.46. The maximum absolute atomic E-state index is 10.4. The first kappa shape index (κ1) is 10.6. The van der Waals surface area contributed by atoms with Gasteiger partial charge in [-0.2, -0.15) is 0 Å². The van der Waals surface area contributed by atoms with Crippen LogP contribution in [0.2, 0.25) is 0 Å². The Kier molecular flexibility index (Phi) is 2.29. The lowest BCUT2D eigenvalue weighted by atomic mass is 9.48. The van der Waals surface area contributed by atoms with E-state index in [1.54, 1.807) is 6.92 Å². The van der Waals surface area contributed by atoms with E-state index in [0.29, 0.717) is 5.71 Å². The normalized spacial score (nSPS) is 48.4. The monoisotopic (exact) mass is 223 g/mol. The number of aliphatic hydroxyl groups excluding tert-OH is 1. The van der Waals surface area contributed by atoms with E-state index in [1.165, 1.54) is 19.3 Å². The van der Waals surface area contributed by atoms with Crippen molar-refractivity contribution in [1.82, 2.24) is 0 Å². The molecule has 3 nitrogen and oxygen atoms in total. The van der Waals surface area contributed by atoms with Crippen LogP contribution in [0, 0.1) is 23.2 Å². The fourth-order valence-corrected chi connectivity index (χ4v) is 5.01. The molecule has 0 aliphatic heterocycles. The first-order valence-corrected chi connectivity index (χ1v) is 6.49. The van der Waals surface area contributed by atoms with Gasteiger partial charge in [-0.1, -0.05) is 5.16 Å². The summed E-state index contributed by atoms with van der Waals surface area (Å²) in [6.45, 7) is 1.74. The van der Waals surface area contributed by atoms with Gasteiger partial charge < -0.3 is 10.3 Å². The van der Waals surface area contributed by atoms with Gasteiger partial charge >= 0.3 is 0 Å². The van der Waals surface area contributed by atoms with Gasteiger partial charge in [-0.3, -0.25) is 0 Å². The van der Waals surface area contributed by atoms with Gasteiger partial charge in [-0.15, -0.1) is 0 Å². The van der Waals surface area contributed by atoms with Crippen molar-refractivity contribution in [2.75, 3.05) is 0 Å². The molecular weight excluding hydrogens is 202 g/mol. The summed E-state index contributed by atoms with van der Waals surface area (Å²) in [4.78, 5) is 0. The van der Waals surface area contributed by atoms with Crippen LogP contribution in [0.4, 0.5) is 0 Å². The molecule has 1 unspecified atom stereocenters. The molecular formula is C13H21NO2. The molecule has 0 saturated heterocycles. The van der Waals surface area contributed by atoms with E-state index < -0.39 is 6.10 Å². The highest BCUT2D eigenvalue weighted by atomic mass is 16.4. The predicted octanol–water partition coefficient (Wildman–Crippen LogP) is 2.41. The lowest BCUT2D eigenvalue weighted by molar-refractivity contribution is -0.0987. The molecule has 90 valence electrons. The van der Waals surface area contributed by atoms with Gasteiger partial charge in [0.05, 0.1) is 5.71 Å². The maximum Gasteiger partial charge on any atom is 0.101 e. The number of nitrogens with zero attached hydrogens (tertiary/aromatic N) is 1. The predicted molar refractivity (Wildman–Crippen MR) is 61.5 cm³/mol. The van der Waals surface area contributed by atoms with Gasteiger partial charge in [0.1, 0.15) is 6.10 Å². The van der Waals surface area contributed by atoms with Crippen LogP contribution in [-0.4, -0.2) is 22.1 Å². The van der Waals surface area contributed by atoms with Gasteiger partial charge in [0.25, 0.3) is 0 Å². The molecule has 16 heavy (non-hydrogen) atoms. The number of aliphatic hydroxyl groups is 1. The van der Waals surface area contributed by atoms with Crippen LogP contribution in [0.1, 0.15) is 45.4 Å². The molecule has 4 rings (SSSR count). The largest absolute Gasteiger partial charge is 0.411 e. The Labute approximate surface area is 96.5 Å². The summed E-state index contributed by atoms with van der Waals surface area (Å²) < 4.78 is 0. The van der Waals surface area contributed by atoms with Crippen LogP contribution in [0.3, 0.4) is 0 Å². The highest BCUT2D eigenvalue weighted by molar-refractivity contribution is 5.86. The Morgan fingerprint density at radius 3 is 1.94 bits per heavy atom. The molecule has 4 aliphatic rings. The lowest BCUT2D eigenvalue weighted by Gasteiger charge is -2.58. The summed E-state index contributed by atoms with van der Waals surface area (Å²) in [6.07, 6.45) is 7.04. The van der Waals surface area contributed by atoms with Crippen molar-refractivity contribution in [1.29, 1.82) is 0 Å². The smallest absolute Gasteiger partial charge is 0.101 e. The second-order valence-corrected chi connectivity index (χ2v) is 6.42. The van der Waals surface area contributed by atoms with E-state index in [4.69, 9.17) is 5.21 Å². The molecule has 4 fully saturated rings. The maximum atomic E-state index is 10.4. The summed E-state index contributed by atoms with van der Waals surface area (Å²) in [5, 5.41) is 22.4. The minimum atomic E-state index is -0.522. The Morgan fingerprint density at radius 1 is 1.12 bits per heavy atom. The van der Waals surface area contributed by atoms with Crippen LogP contribution >= 0.6 is 0 Å². The van der Waals surface area contributed by atoms with Crippen molar-refractivity contribution in [3.05, 3.63) is 0 Å². The molecule has 0 aromatic heterocycles. The van der Waals surface area contributed by atoms with Gasteiger partial charge in [-0.05, 0) is 63.2 Å². The van der Waals surface area contributed by atoms with Crippen LogP contribution in [-0.2, 0) is 0 Å². The third kappa shape index (κ3) is 1.41. The van der Waals surface area contributed by atoms with Crippen molar-refractivity contribution in [2.24, 2.45) is 28.3 Å². The van der Waals surface area contributed by atoms with Crippen LogP contribution < -0.4 is 0 Å². The number of hydrogen-bond donors (Lipinski definition) is 2. The van der Waals surface area contributed by atoms with Gasteiger partial charge in [0, 0.05) is 5.41 Å². The number of hydrogen-bond acceptors (Lipinski definition) is 3.